The molecule has 0 saturated heterocycles. The Kier molecular flexibility index (Phi) is 4.35. The standard InChI is InChI=1S/C15H19NO5/c1-15(7-2-8-15)21-14(20)16-12(13(18)19)9-10-3-5-11(17)6-4-10/h3-6,12,17H,2,7-9H2,1H3,(H,16,20)(H,18,19)/t12-/m0/s1. The fraction of sp³-hybridized carbons (Fsp3) is 0.467. The average molecular weight is 293 g/mol. The Morgan fingerprint density at radius 3 is 2.43 bits per heavy atom. The summed E-state index contributed by atoms with van der Waals surface area (Å²) in [4.78, 5) is 23.0. The summed E-state index contributed by atoms with van der Waals surface area (Å²) < 4.78 is 5.26. The number of nitrogens with one attached hydrogen (secondary N) is 1. The molecule has 1 atom stereocenters. The van der Waals surface area contributed by atoms with E-state index in [9.17, 15) is 19.8 Å². The van der Waals surface area contributed by atoms with Crippen molar-refractivity contribution in [1.29, 1.82) is 0 Å². The van der Waals surface area contributed by atoms with Crippen LogP contribution in [0.1, 0.15) is 31.7 Å². The molecule has 0 unspecified atom stereocenters. The molecule has 0 aromatic heterocycles. The molecule has 0 heterocycles. The number of carbonyl (C=O) groups is 2. The maximum atomic E-state index is 11.8. The number of benzene rings is 1. The molecule has 3 N–H and O–H groups in total. The smallest absolute Gasteiger partial charge is 0.408 e. The van der Waals surface area contributed by atoms with Crippen molar-refractivity contribution >= 4 is 12.1 Å². The first-order valence-electron chi connectivity index (χ1n) is 6.88. The predicted octanol–water partition coefficient (Wildman–Crippen LogP) is 2.06. The Balaban J connectivity index is 1.94. The lowest BCUT2D eigenvalue weighted by Gasteiger charge is -2.37. The highest BCUT2D eigenvalue weighted by atomic mass is 16.6. The average Bonchev–Trinajstić information content (AvgIpc) is 2.38. The molecule has 1 saturated carbocycles. The number of carboxylic acid groups (broad SMARTS) is 1. The highest BCUT2D eigenvalue weighted by Gasteiger charge is 2.36. The molecule has 1 aliphatic carbocycles. The molecule has 114 valence electrons. The van der Waals surface area contributed by atoms with Gasteiger partial charge in [-0.3, -0.25) is 0 Å². The zero-order valence-corrected chi connectivity index (χ0v) is 11.8. The topological polar surface area (TPSA) is 95.9 Å². The van der Waals surface area contributed by atoms with Crippen LogP contribution in [-0.4, -0.2) is 33.9 Å². The largest absolute Gasteiger partial charge is 0.508 e. The number of aliphatic carboxylic acids is 1. The van der Waals surface area contributed by atoms with Crippen LogP contribution in [0, 0.1) is 0 Å². The van der Waals surface area contributed by atoms with Gasteiger partial charge in [-0.25, -0.2) is 9.59 Å². The van der Waals surface area contributed by atoms with E-state index in [0.29, 0.717) is 5.56 Å². The number of rotatable bonds is 5. The lowest BCUT2D eigenvalue weighted by Crippen LogP contribution is -2.47. The van der Waals surface area contributed by atoms with Crippen molar-refractivity contribution in [1.82, 2.24) is 5.32 Å². The van der Waals surface area contributed by atoms with Gasteiger partial charge in [0.1, 0.15) is 17.4 Å². The Morgan fingerprint density at radius 1 is 1.33 bits per heavy atom. The lowest BCUT2D eigenvalue weighted by atomic mass is 9.82. The summed E-state index contributed by atoms with van der Waals surface area (Å²) in [5, 5.41) is 20.8. The third kappa shape index (κ3) is 4.11. The summed E-state index contributed by atoms with van der Waals surface area (Å²) in [5.74, 6) is -1.02. The summed E-state index contributed by atoms with van der Waals surface area (Å²) >= 11 is 0. The van der Waals surface area contributed by atoms with Crippen molar-refractivity contribution in [3.05, 3.63) is 29.8 Å². The molecule has 0 spiro atoms. The van der Waals surface area contributed by atoms with Gasteiger partial charge in [0.15, 0.2) is 0 Å². The van der Waals surface area contributed by atoms with Gasteiger partial charge in [-0.15, -0.1) is 0 Å². The SMILES string of the molecule is CC1(OC(=O)N[C@@H](Cc2ccc(O)cc2)C(=O)O)CCC1. The number of hydrogen-bond donors (Lipinski definition) is 3. The summed E-state index contributed by atoms with van der Waals surface area (Å²) in [6.07, 6.45) is 2.04. The number of amides is 1. The van der Waals surface area contributed by atoms with Crippen molar-refractivity contribution in [3.8, 4) is 5.75 Å². The van der Waals surface area contributed by atoms with Crippen LogP contribution in [0.4, 0.5) is 4.79 Å². The van der Waals surface area contributed by atoms with Gasteiger partial charge in [0.05, 0.1) is 0 Å². The molecule has 1 fully saturated rings. The number of phenolic OH excluding ortho intramolecular Hbond substituents is 1. The molecule has 0 bridgehead atoms. The molecule has 1 aromatic carbocycles. The third-order valence-corrected chi connectivity index (χ3v) is 3.72. The number of ether oxygens (including phenoxy) is 1. The van der Waals surface area contributed by atoms with Gasteiger partial charge in [-0.1, -0.05) is 12.1 Å². The fourth-order valence-corrected chi connectivity index (χ4v) is 2.24. The Morgan fingerprint density at radius 2 is 1.95 bits per heavy atom. The second-order valence-electron chi connectivity index (χ2n) is 5.60. The Hall–Kier alpha value is -2.24. The number of aromatic hydroxyl groups is 1. The highest BCUT2D eigenvalue weighted by molar-refractivity contribution is 5.80. The van der Waals surface area contributed by atoms with Crippen LogP contribution < -0.4 is 5.32 Å². The first-order valence-corrected chi connectivity index (χ1v) is 6.88. The van der Waals surface area contributed by atoms with E-state index in [2.05, 4.69) is 5.32 Å². The van der Waals surface area contributed by atoms with E-state index in [1.165, 1.54) is 12.1 Å². The van der Waals surface area contributed by atoms with Crippen LogP contribution in [0.25, 0.3) is 0 Å². The first-order chi connectivity index (χ1) is 9.88. The highest BCUT2D eigenvalue weighted by Crippen LogP contribution is 2.34. The second kappa shape index (κ2) is 6.03. The maximum Gasteiger partial charge on any atom is 0.408 e. The van der Waals surface area contributed by atoms with Crippen LogP contribution in [-0.2, 0) is 16.0 Å². The van der Waals surface area contributed by atoms with Gasteiger partial charge >= 0.3 is 12.1 Å². The summed E-state index contributed by atoms with van der Waals surface area (Å²) in [5.41, 5.74) is 0.237. The lowest BCUT2D eigenvalue weighted by molar-refractivity contribution is -0.139. The van der Waals surface area contributed by atoms with Gasteiger partial charge in [-0.2, -0.15) is 0 Å². The first kappa shape index (κ1) is 15.2. The van der Waals surface area contributed by atoms with Gasteiger partial charge < -0.3 is 20.3 Å². The summed E-state index contributed by atoms with van der Waals surface area (Å²) in [7, 11) is 0. The third-order valence-electron chi connectivity index (χ3n) is 3.72. The van der Waals surface area contributed by atoms with Crippen LogP contribution >= 0.6 is 0 Å². The number of phenols is 1. The quantitative estimate of drug-likeness (QED) is 0.772. The van der Waals surface area contributed by atoms with Crippen molar-refractivity contribution in [2.45, 2.75) is 44.2 Å². The summed E-state index contributed by atoms with van der Waals surface area (Å²) in [6, 6.07) is 5.12. The van der Waals surface area contributed by atoms with E-state index in [0.717, 1.165) is 19.3 Å². The summed E-state index contributed by atoms with van der Waals surface area (Å²) in [6.45, 7) is 1.84. The van der Waals surface area contributed by atoms with E-state index >= 15 is 0 Å². The van der Waals surface area contributed by atoms with E-state index in [1.807, 2.05) is 6.92 Å². The minimum atomic E-state index is -1.13. The molecule has 1 amide bonds. The molecule has 2 rings (SSSR count). The molecule has 0 radical (unpaired) electrons. The molecule has 0 aliphatic heterocycles. The molecular formula is C15H19NO5. The van der Waals surface area contributed by atoms with Crippen molar-refractivity contribution in [3.63, 3.8) is 0 Å². The zero-order valence-electron chi connectivity index (χ0n) is 11.8. The van der Waals surface area contributed by atoms with Gasteiger partial charge in [0.2, 0.25) is 0 Å². The number of carboxylic acids is 1. The van der Waals surface area contributed by atoms with Crippen LogP contribution in [0.5, 0.6) is 5.75 Å². The molecular weight excluding hydrogens is 274 g/mol. The van der Waals surface area contributed by atoms with Crippen LogP contribution in [0.15, 0.2) is 24.3 Å². The normalized spacial score (nSPS) is 17.4. The minimum Gasteiger partial charge on any atom is -0.508 e. The van der Waals surface area contributed by atoms with Crippen LogP contribution in [0.3, 0.4) is 0 Å². The second-order valence-corrected chi connectivity index (χ2v) is 5.60. The van der Waals surface area contributed by atoms with Crippen molar-refractivity contribution < 1.29 is 24.5 Å². The fourth-order valence-electron chi connectivity index (χ4n) is 2.24. The molecule has 1 aromatic rings. The van der Waals surface area contributed by atoms with E-state index < -0.39 is 23.7 Å². The molecule has 21 heavy (non-hydrogen) atoms. The Bertz CT molecular complexity index is 521. The van der Waals surface area contributed by atoms with Gasteiger partial charge in [0.25, 0.3) is 0 Å². The maximum absolute atomic E-state index is 11.8. The van der Waals surface area contributed by atoms with E-state index in [1.54, 1.807) is 12.1 Å². The monoisotopic (exact) mass is 293 g/mol. The zero-order chi connectivity index (χ0) is 15.5. The number of alkyl carbamates (subject to hydrolysis) is 1. The number of carbonyl (C=O) groups excluding carboxylic acids is 1. The van der Waals surface area contributed by atoms with E-state index in [-0.39, 0.29) is 12.2 Å². The molecule has 6 heteroatoms. The van der Waals surface area contributed by atoms with Crippen molar-refractivity contribution in [2.75, 3.05) is 0 Å². The minimum absolute atomic E-state index is 0.107. The van der Waals surface area contributed by atoms with Crippen molar-refractivity contribution in [2.24, 2.45) is 0 Å². The van der Waals surface area contributed by atoms with Gasteiger partial charge in [0, 0.05) is 6.42 Å². The Labute approximate surface area is 122 Å². The predicted molar refractivity (Wildman–Crippen MR) is 75.1 cm³/mol. The molecule has 6 nitrogen and oxygen atoms in total. The van der Waals surface area contributed by atoms with E-state index in [4.69, 9.17) is 4.74 Å². The number of hydrogen-bond acceptors (Lipinski definition) is 4. The molecule has 1 aliphatic rings. The van der Waals surface area contributed by atoms with Gasteiger partial charge in [-0.05, 0) is 43.9 Å². The van der Waals surface area contributed by atoms with Crippen LogP contribution in [0.2, 0.25) is 0 Å².